The fraction of sp³-hybridized carbons (Fsp3) is 0.667. The van der Waals surface area contributed by atoms with Gasteiger partial charge in [0.05, 0.1) is 0 Å². The van der Waals surface area contributed by atoms with Crippen molar-refractivity contribution >= 4 is 0 Å². The fourth-order valence-corrected chi connectivity index (χ4v) is 3.82. The zero-order valence-corrected chi connectivity index (χ0v) is 12.6. The highest BCUT2D eigenvalue weighted by Gasteiger charge is 2.39. The van der Waals surface area contributed by atoms with Crippen LogP contribution < -0.4 is 0 Å². The van der Waals surface area contributed by atoms with E-state index in [1.165, 1.54) is 63.7 Å². The molecule has 20 heavy (non-hydrogen) atoms. The molecule has 1 aliphatic carbocycles. The van der Waals surface area contributed by atoms with Crippen molar-refractivity contribution in [1.29, 1.82) is 0 Å². The van der Waals surface area contributed by atoms with Crippen molar-refractivity contribution in [3.05, 3.63) is 29.8 Å². The predicted octanol–water partition coefficient (Wildman–Crippen LogP) is 3.94. The van der Waals surface area contributed by atoms with Gasteiger partial charge in [0, 0.05) is 12.0 Å². The maximum atomic E-state index is 9.79. The van der Waals surface area contributed by atoms with Crippen LogP contribution >= 0.6 is 0 Å². The smallest absolute Gasteiger partial charge is 0.115 e. The number of hydrogen-bond acceptors (Lipinski definition) is 2. The molecule has 0 aromatic heterocycles. The summed E-state index contributed by atoms with van der Waals surface area (Å²) in [6.07, 6.45) is 8.00. The maximum Gasteiger partial charge on any atom is 0.115 e. The van der Waals surface area contributed by atoms with E-state index in [-0.39, 0.29) is 5.41 Å². The summed E-state index contributed by atoms with van der Waals surface area (Å²) in [6.45, 7) is 5.95. The molecule has 1 aromatic rings. The van der Waals surface area contributed by atoms with Crippen LogP contribution in [0, 0.1) is 5.92 Å². The largest absolute Gasteiger partial charge is 0.508 e. The molecule has 1 saturated carbocycles. The standard InChI is InChI=1S/C18H27NO/c1-2-9-18(16-4-3-5-17(20)13-16)10-12-19(14-18)11-8-15-6-7-15/h3-5,13,15,20H,2,6-12,14H2,1H3/t18-/m1/s1. The Morgan fingerprint density at radius 3 is 2.90 bits per heavy atom. The third kappa shape index (κ3) is 3.01. The van der Waals surface area contributed by atoms with E-state index in [4.69, 9.17) is 0 Å². The Hall–Kier alpha value is -1.02. The number of likely N-dealkylation sites (tertiary alicyclic amines) is 1. The Morgan fingerprint density at radius 2 is 2.20 bits per heavy atom. The third-order valence-corrected chi connectivity index (χ3v) is 5.17. The summed E-state index contributed by atoms with van der Waals surface area (Å²) in [5.74, 6) is 1.44. The normalized spacial score (nSPS) is 27.1. The Kier molecular flexibility index (Phi) is 4.02. The monoisotopic (exact) mass is 273 g/mol. The van der Waals surface area contributed by atoms with Crippen LogP contribution in [0.4, 0.5) is 0 Å². The second-order valence-electron chi connectivity index (χ2n) is 6.84. The Bertz CT molecular complexity index is 454. The highest BCUT2D eigenvalue weighted by Crippen LogP contribution is 2.40. The molecule has 3 rings (SSSR count). The van der Waals surface area contributed by atoms with Crippen molar-refractivity contribution in [3.8, 4) is 5.75 Å². The molecular weight excluding hydrogens is 246 g/mol. The molecule has 0 spiro atoms. The summed E-state index contributed by atoms with van der Waals surface area (Å²) in [5, 5.41) is 9.79. The summed E-state index contributed by atoms with van der Waals surface area (Å²) in [6, 6.07) is 7.97. The summed E-state index contributed by atoms with van der Waals surface area (Å²) in [5.41, 5.74) is 1.62. The quantitative estimate of drug-likeness (QED) is 0.848. The van der Waals surface area contributed by atoms with Gasteiger partial charge in [-0.25, -0.2) is 0 Å². The molecule has 2 fully saturated rings. The van der Waals surface area contributed by atoms with Gasteiger partial charge in [0.1, 0.15) is 5.75 Å². The van der Waals surface area contributed by atoms with Gasteiger partial charge in [-0.15, -0.1) is 0 Å². The van der Waals surface area contributed by atoms with Crippen LogP contribution in [0.15, 0.2) is 24.3 Å². The van der Waals surface area contributed by atoms with E-state index < -0.39 is 0 Å². The van der Waals surface area contributed by atoms with E-state index in [9.17, 15) is 5.11 Å². The lowest BCUT2D eigenvalue weighted by Gasteiger charge is -2.30. The molecule has 1 N–H and O–H groups in total. The van der Waals surface area contributed by atoms with Gasteiger partial charge in [-0.1, -0.05) is 38.3 Å². The Balaban J connectivity index is 1.71. The number of aromatic hydroxyl groups is 1. The van der Waals surface area contributed by atoms with Crippen molar-refractivity contribution in [3.63, 3.8) is 0 Å². The molecule has 0 bridgehead atoms. The van der Waals surface area contributed by atoms with Crippen LogP contribution in [-0.4, -0.2) is 29.6 Å². The first-order valence-electron chi connectivity index (χ1n) is 8.24. The molecule has 1 aromatic carbocycles. The summed E-state index contributed by atoms with van der Waals surface area (Å²) in [7, 11) is 0. The number of phenolic OH excluding ortho intramolecular Hbond substituents is 1. The number of benzene rings is 1. The lowest BCUT2D eigenvalue weighted by molar-refractivity contribution is 0.292. The minimum Gasteiger partial charge on any atom is -0.508 e. The van der Waals surface area contributed by atoms with Gasteiger partial charge >= 0.3 is 0 Å². The number of phenols is 1. The maximum absolute atomic E-state index is 9.79. The topological polar surface area (TPSA) is 23.5 Å². The van der Waals surface area contributed by atoms with Crippen molar-refractivity contribution < 1.29 is 5.11 Å². The zero-order valence-electron chi connectivity index (χ0n) is 12.6. The molecule has 1 aliphatic heterocycles. The lowest BCUT2D eigenvalue weighted by atomic mass is 9.76. The van der Waals surface area contributed by atoms with Gasteiger partial charge < -0.3 is 10.0 Å². The van der Waals surface area contributed by atoms with Crippen LogP contribution in [0.1, 0.15) is 51.0 Å². The summed E-state index contributed by atoms with van der Waals surface area (Å²) in [4.78, 5) is 2.65. The SMILES string of the molecule is CCC[C@@]1(c2cccc(O)c2)CCN(CCC2CC2)C1. The molecule has 0 radical (unpaired) electrons. The summed E-state index contributed by atoms with van der Waals surface area (Å²) < 4.78 is 0. The molecular formula is C18H27NO. The molecule has 110 valence electrons. The minimum atomic E-state index is 0.275. The van der Waals surface area contributed by atoms with Crippen LogP contribution in [-0.2, 0) is 5.41 Å². The fourth-order valence-electron chi connectivity index (χ4n) is 3.82. The molecule has 1 heterocycles. The number of hydrogen-bond donors (Lipinski definition) is 1. The highest BCUT2D eigenvalue weighted by atomic mass is 16.3. The molecule has 2 nitrogen and oxygen atoms in total. The van der Waals surface area contributed by atoms with E-state index in [0.29, 0.717) is 5.75 Å². The van der Waals surface area contributed by atoms with Crippen LogP contribution in [0.2, 0.25) is 0 Å². The predicted molar refractivity (Wildman–Crippen MR) is 83.1 cm³/mol. The van der Waals surface area contributed by atoms with Gasteiger partial charge in [0.2, 0.25) is 0 Å². The van der Waals surface area contributed by atoms with E-state index in [1.807, 2.05) is 12.1 Å². The molecule has 2 heteroatoms. The van der Waals surface area contributed by atoms with E-state index in [1.54, 1.807) is 6.07 Å². The van der Waals surface area contributed by atoms with E-state index >= 15 is 0 Å². The third-order valence-electron chi connectivity index (χ3n) is 5.17. The van der Waals surface area contributed by atoms with Crippen LogP contribution in [0.25, 0.3) is 0 Å². The van der Waals surface area contributed by atoms with Gasteiger partial charge in [0.15, 0.2) is 0 Å². The first-order valence-corrected chi connectivity index (χ1v) is 8.24. The van der Waals surface area contributed by atoms with Crippen LogP contribution in [0.5, 0.6) is 5.75 Å². The molecule has 1 atom stereocenters. The molecule has 0 amide bonds. The van der Waals surface area contributed by atoms with Crippen molar-refractivity contribution in [2.45, 2.75) is 50.9 Å². The zero-order chi connectivity index (χ0) is 14.0. The van der Waals surface area contributed by atoms with Gasteiger partial charge in [0.25, 0.3) is 0 Å². The van der Waals surface area contributed by atoms with Gasteiger partial charge in [-0.3, -0.25) is 0 Å². The molecule has 2 aliphatic rings. The average molecular weight is 273 g/mol. The van der Waals surface area contributed by atoms with Gasteiger partial charge in [-0.05, 0) is 56.0 Å². The van der Waals surface area contributed by atoms with Crippen molar-refractivity contribution in [1.82, 2.24) is 4.90 Å². The van der Waals surface area contributed by atoms with Gasteiger partial charge in [-0.2, -0.15) is 0 Å². The average Bonchev–Trinajstić information content (AvgIpc) is 3.18. The first-order chi connectivity index (χ1) is 9.72. The summed E-state index contributed by atoms with van der Waals surface area (Å²) >= 11 is 0. The van der Waals surface area contributed by atoms with Crippen molar-refractivity contribution in [2.75, 3.05) is 19.6 Å². The molecule has 1 saturated heterocycles. The Labute approximate surface area is 122 Å². The van der Waals surface area contributed by atoms with Crippen molar-refractivity contribution in [2.24, 2.45) is 5.92 Å². The van der Waals surface area contributed by atoms with E-state index in [2.05, 4.69) is 17.9 Å². The first kappa shape index (κ1) is 13.9. The van der Waals surface area contributed by atoms with Crippen LogP contribution in [0.3, 0.4) is 0 Å². The molecule has 0 unspecified atom stereocenters. The lowest BCUT2D eigenvalue weighted by Crippen LogP contribution is -2.31. The second-order valence-corrected chi connectivity index (χ2v) is 6.84. The minimum absolute atomic E-state index is 0.275. The number of nitrogens with zero attached hydrogens (tertiary/aromatic N) is 1. The van der Waals surface area contributed by atoms with E-state index in [0.717, 1.165) is 5.92 Å². The highest BCUT2D eigenvalue weighted by molar-refractivity contribution is 5.34. The second kappa shape index (κ2) is 5.77. The Morgan fingerprint density at radius 1 is 1.35 bits per heavy atom. The number of rotatable bonds is 6.